The van der Waals surface area contributed by atoms with E-state index >= 15 is 0 Å². The van der Waals surface area contributed by atoms with E-state index in [2.05, 4.69) is 24.1 Å². The third kappa shape index (κ3) is 3.12. The summed E-state index contributed by atoms with van der Waals surface area (Å²) in [6, 6.07) is -0.796. The molecular weight excluding hydrogens is 362 g/mol. The summed E-state index contributed by atoms with van der Waals surface area (Å²) < 4.78 is 1.48. The number of imide groups is 1. The van der Waals surface area contributed by atoms with Crippen LogP contribution in [0.5, 0.6) is 0 Å². The number of aromatic nitrogens is 2. The van der Waals surface area contributed by atoms with Crippen molar-refractivity contribution in [2.75, 3.05) is 0 Å². The van der Waals surface area contributed by atoms with Crippen LogP contribution in [0, 0.1) is 17.8 Å². The second kappa shape index (κ2) is 6.26. The number of hydrogen-bond acceptors (Lipinski definition) is 5. The van der Waals surface area contributed by atoms with E-state index in [0.29, 0.717) is 17.6 Å². The molecule has 1 saturated heterocycles. The van der Waals surface area contributed by atoms with Gasteiger partial charge >= 0.3 is 0 Å². The van der Waals surface area contributed by atoms with Crippen LogP contribution in [0.3, 0.4) is 0 Å². The van der Waals surface area contributed by atoms with Crippen LogP contribution in [-0.4, -0.2) is 21.4 Å². The minimum atomic E-state index is -0.796. The second-order valence-electron chi connectivity index (χ2n) is 9.12. The molecule has 146 valence electrons. The Balaban J connectivity index is 2.26. The molecule has 0 bridgehead atoms. The smallest absolute Gasteiger partial charge is 0.263 e. The molecule has 3 heterocycles. The van der Waals surface area contributed by atoms with Gasteiger partial charge in [-0.1, -0.05) is 41.5 Å². The zero-order valence-corrected chi connectivity index (χ0v) is 17.8. The molecule has 1 aliphatic rings. The van der Waals surface area contributed by atoms with Crippen molar-refractivity contribution in [3.63, 3.8) is 0 Å². The third-order valence-corrected chi connectivity index (χ3v) is 6.66. The second-order valence-corrected chi connectivity index (χ2v) is 10.0. The molecule has 1 aliphatic heterocycles. The van der Waals surface area contributed by atoms with Crippen molar-refractivity contribution in [1.82, 2.24) is 14.9 Å². The highest BCUT2D eigenvalue weighted by Crippen LogP contribution is 2.44. The molecule has 2 aromatic rings. The predicted molar refractivity (Wildman–Crippen MR) is 107 cm³/mol. The van der Waals surface area contributed by atoms with Gasteiger partial charge in [-0.15, -0.1) is 11.3 Å². The predicted octanol–water partition coefficient (Wildman–Crippen LogP) is 3.53. The SMILES string of the molecule is Cc1nc2c(C(C)C)scc2c(=O)n1C1C(=O)NC(=O)C(C)(C)CC1(C)C. The summed E-state index contributed by atoms with van der Waals surface area (Å²) in [6.45, 7) is 13.4. The molecule has 0 radical (unpaired) electrons. The summed E-state index contributed by atoms with van der Waals surface area (Å²) in [5.74, 6) is 0.0144. The van der Waals surface area contributed by atoms with Crippen LogP contribution in [0.4, 0.5) is 0 Å². The molecule has 0 aromatic carbocycles. The van der Waals surface area contributed by atoms with Crippen molar-refractivity contribution in [1.29, 1.82) is 0 Å². The largest absolute Gasteiger partial charge is 0.294 e. The quantitative estimate of drug-likeness (QED) is 0.797. The molecule has 1 unspecified atom stereocenters. The molecule has 3 rings (SSSR count). The van der Waals surface area contributed by atoms with Gasteiger partial charge < -0.3 is 0 Å². The number of hydrogen-bond donors (Lipinski definition) is 1. The number of nitrogens with zero attached hydrogens (tertiary/aromatic N) is 2. The molecule has 1 atom stereocenters. The standard InChI is InChI=1S/C20H27N3O3S/c1-10(2)14-13-12(8-27-14)17(25)23(11(3)21-13)15-16(24)22-18(26)20(6,7)9-19(15,4)5/h8,10,15H,9H2,1-7H3,(H,22,24,26). The molecule has 1 fully saturated rings. The van der Waals surface area contributed by atoms with E-state index in [1.165, 1.54) is 15.9 Å². The number of aryl methyl sites for hydroxylation is 1. The first-order valence-electron chi connectivity index (χ1n) is 9.22. The van der Waals surface area contributed by atoms with Crippen molar-refractivity contribution in [3.05, 3.63) is 26.4 Å². The van der Waals surface area contributed by atoms with Crippen LogP contribution >= 0.6 is 11.3 Å². The number of fused-ring (bicyclic) bond motifs is 1. The maximum absolute atomic E-state index is 13.3. The molecular formula is C20H27N3O3S. The van der Waals surface area contributed by atoms with Crippen LogP contribution in [0.25, 0.3) is 10.9 Å². The topological polar surface area (TPSA) is 81.1 Å². The lowest BCUT2D eigenvalue weighted by Crippen LogP contribution is -2.44. The van der Waals surface area contributed by atoms with Crippen molar-refractivity contribution < 1.29 is 9.59 Å². The molecule has 2 aromatic heterocycles. The average molecular weight is 390 g/mol. The summed E-state index contributed by atoms with van der Waals surface area (Å²) >= 11 is 1.52. The minimum absolute atomic E-state index is 0.221. The molecule has 6 nitrogen and oxygen atoms in total. The molecule has 7 heteroatoms. The molecule has 0 aliphatic carbocycles. The fourth-order valence-corrected chi connectivity index (χ4v) is 5.32. The Kier molecular flexibility index (Phi) is 4.57. The van der Waals surface area contributed by atoms with E-state index < -0.39 is 22.8 Å². The summed E-state index contributed by atoms with van der Waals surface area (Å²) in [5, 5.41) is 4.86. The van der Waals surface area contributed by atoms with Crippen LogP contribution in [0.1, 0.15) is 70.6 Å². The first kappa shape index (κ1) is 19.7. The van der Waals surface area contributed by atoms with Gasteiger partial charge in [0.05, 0.1) is 10.9 Å². The van der Waals surface area contributed by atoms with Gasteiger partial charge in [0, 0.05) is 15.7 Å². The van der Waals surface area contributed by atoms with E-state index in [1.807, 2.05) is 33.1 Å². The van der Waals surface area contributed by atoms with E-state index in [0.717, 1.165) is 10.4 Å². The molecule has 27 heavy (non-hydrogen) atoms. The maximum atomic E-state index is 13.3. The first-order valence-corrected chi connectivity index (χ1v) is 10.1. The van der Waals surface area contributed by atoms with E-state index in [-0.39, 0.29) is 17.4 Å². The van der Waals surface area contributed by atoms with Gasteiger partial charge in [0.2, 0.25) is 11.8 Å². The van der Waals surface area contributed by atoms with E-state index in [9.17, 15) is 14.4 Å². The van der Waals surface area contributed by atoms with Crippen LogP contribution in [-0.2, 0) is 9.59 Å². The van der Waals surface area contributed by atoms with Crippen molar-refractivity contribution in [2.45, 2.75) is 66.8 Å². The van der Waals surface area contributed by atoms with Crippen molar-refractivity contribution in [3.8, 4) is 0 Å². The lowest BCUT2D eigenvalue weighted by atomic mass is 9.72. The number of amides is 2. The zero-order chi connectivity index (χ0) is 20.3. The van der Waals surface area contributed by atoms with Gasteiger partial charge in [-0.3, -0.25) is 24.3 Å². The highest BCUT2D eigenvalue weighted by atomic mass is 32.1. The zero-order valence-electron chi connectivity index (χ0n) is 17.0. The Hall–Kier alpha value is -2.02. The average Bonchev–Trinajstić information content (AvgIpc) is 2.91. The van der Waals surface area contributed by atoms with Gasteiger partial charge in [0.25, 0.3) is 5.56 Å². The maximum Gasteiger partial charge on any atom is 0.263 e. The fraction of sp³-hybridized carbons (Fsp3) is 0.600. The lowest BCUT2D eigenvalue weighted by Gasteiger charge is -2.35. The Morgan fingerprint density at radius 2 is 1.85 bits per heavy atom. The van der Waals surface area contributed by atoms with Crippen LogP contribution in [0.2, 0.25) is 0 Å². The van der Waals surface area contributed by atoms with Gasteiger partial charge in [-0.2, -0.15) is 0 Å². The first-order chi connectivity index (χ1) is 12.4. The van der Waals surface area contributed by atoms with Gasteiger partial charge in [0.15, 0.2) is 0 Å². The number of nitrogens with one attached hydrogen (secondary N) is 1. The highest BCUT2D eigenvalue weighted by molar-refractivity contribution is 7.11. The summed E-state index contributed by atoms with van der Waals surface area (Å²) in [6.07, 6.45) is 0.479. The van der Waals surface area contributed by atoms with E-state index in [1.54, 1.807) is 6.92 Å². The summed E-state index contributed by atoms with van der Waals surface area (Å²) in [4.78, 5) is 44.5. The Labute approximate surface area is 163 Å². The lowest BCUT2D eigenvalue weighted by molar-refractivity contribution is -0.135. The highest BCUT2D eigenvalue weighted by Gasteiger charge is 2.48. The van der Waals surface area contributed by atoms with Crippen LogP contribution in [0.15, 0.2) is 10.2 Å². The number of carbonyl (C=O) groups is 2. The van der Waals surface area contributed by atoms with Crippen molar-refractivity contribution in [2.24, 2.45) is 10.8 Å². The van der Waals surface area contributed by atoms with Gasteiger partial charge in [-0.25, -0.2) is 4.98 Å². The summed E-state index contributed by atoms with van der Waals surface area (Å²) in [7, 11) is 0. The summed E-state index contributed by atoms with van der Waals surface area (Å²) in [5.41, 5.74) is -0.797. The number of thiophene rings is 1. The normalized spacial score (nSPS) is 22.1. The number of carbonyl (C=O) groups excluding carboxylic acids is 2. The minimum Gasteiger partial charge on any atom is -0.294 e. The van der Waals surface area contributed by atoms with E-state index in [4.69, 9.17) is 0 Å². The Morgan fingerprint density at radius 1 is 1.22 bits per heavy atom. The molecule has 2 amide bonds. The molecule has 1 N–H and O–H groups in total. The Morgan fingerprint density at radius 3 is 2.44 bits per heavy atom. The van der Waals surface area contributed by atoms with Gasteiger partial charge in [-0.05, 0) is 24.7 Å². The molecule has 0 spiro atoms. The monoisotopic (exact) mass is 389 g/mol. The number of rotatable bonds is 2. The van der Waals surface area contributed by atoms with Gasteiger partial charge in [0.1, 0.15) is 11.9 Å². The Bertz CT molecular complexity index is 998. The van der Waals surface area contributed by atoms with Crippen molar-refractivity contribution >= 4 is 34.1 Å². The molecule has 0 saturated carbocycles. The van der Waals surface area contributed by atoms with Crippen LogP contribution < -0.4 is 10.9 Å². The fourth-order valence-electron chi connectivity index (χ4n) is 4.33. The third-order valence-electron chi connectivity index (χ3n) is 5.38.